The summed E-state index contributed by atoms with van der Waals surface area (Å²) >= 11 is 0. The van der Waals surface area contributed by atoms with E-state index in [4.69, 9.17) is 4.42 Å². The predicted molar refractivity (Wildman–Crippen MR) is 88.1 cm³/mol. The summed E-state index contributed by atoms with van der Waals surface area (Å²) in [6, 6.07) is 11.5. The van der Waals surface area contributed by atoms with Crippen LogP contribution in [0.5, 0.6) is 0 Å². The molecule has 7 heteroatoms. The lowest BCUT2D eigenvalue weighted by Crippen LogP contribution is -2.13. The van der Waals surface area contributed by atoms with Gasteiger partial charge in [-0.15, -0.1) is 0 Å². The monoisotopic (exact) mass is 332 g/mol. The second-order valence-corrected chi connectivity index (χ2v) is 6.89. The highest BCUT2D eigenvalue weighted by molar-refractivity contribution is 7.92. The molecule has 0 aliphatic heterocycles. The summed E-state index contributed by atoms with van der Waals surface area (Å²) in [6.07, 6.45) is 0.887. The highest BCUT2D eigenvalue weighted by atomic mass is 32.2. The number of fused-ring (bicyclic) bond motifs is 1. The molecule has 0 unspecified atom stereocenters. The number of hydrogen-bond acceptors (Lipinski definition) is 4. The maximum Gasteiger partial charge on any atom is 0.419 e. The van der Waals surface area contributed by atoms with Crippen LogP contribution in [-0.2, 0) is 23.5 Å². The van der Waals surface area contributed by atoms with E-state index in [9.17, 15) is 13.2 Å². The molecular formula is C16H16N2O4S. The van der Waals surface area contributed by atoms with Crippen LogP contribution in [0.2, 0.25) is 0 Å². The van der Waals surface area contributed by atoms with Crippen LogP contribution in [0, 0.1) is 0 Å². The van der Waals surface area contributed by atoms with Crippen molar-refractivity contribution >= 4 is 26.8 Å². The SMILES string of the molecule is CCc1ccc(NS(=O)(=O)c2ccc3oc(=O)n(C)c3c2)cc1. The van der Waals surface area contributed by atoms with E-state index < -0.39 is 15.8 Å². The van der Waals surface area contributed by atoms with Gasteiger partial charge in [0.25, 0.3) is 10.0 Å². The molecule has 0 radical (unpaired) electrons. The van der Waals surface area contributed by atoms with Crippen molar-refractivity contribution < 1.29 is 12.8 Å². The van der Waals surface area contributed by atoms with Crippen molar-refractivity contribution in [3.05, 3.63) is 58.6 Å². The number of nitrogens with zero attached hydrogens (tertiary/aromatic N) is 1. The summed E-state index contributed by atoms with van der Waals surface area (Å²) in [5.41, 5.74) is 2.40. The molecule has 0 amide bonds. The summed E-state index contributed by atoms with van der Waals surface area (Å²) in [7, 11) is -2.21. The number of rotatable bonds is 4. The van der Waals surface area contributed by atoms with Crippen LogP contribution in [0.25, 0.3) is 11.1 Å². The maximum absolute atomic E-state index is 12.5. The standard InChI is InChI=1S/C16H16N2O4S/c1-3-11-4-6-12(7-5-11)17-23(20,21)13-8-9-15-14(10-13)18(2)16(19)22-15/h4-10,17H,3H2,1-2H3. The number of benzene rings is 2. The van der Waals surface area contributed by atoms with E-state index in [-0.39, 0.29) is 4.90 Å². The van der Waals surface area contributed by atoms with Crippen LogP contribution < -0.4 is 10.5 Å². The number of sulfonamides is 1. The molecule has 3 rings (SSSR count). The quantitative estimate of drug-likeness (QED) is 0.796. The van der Waals surface area contributed by atoms with Gasteiger partial charge in [0.2, 0.25) is 0 Å². The first-order chi connectivity index (χ1) is 10.9. The Balaban J connectivity index is 1.98. The molecular weight excluding hydrogens is 316 g/mol. The van der Waals surface area contributed by atoms with Crippen LogP contribution in [0.4, 0.5) is 5.69 Å². The molecule has 3 aromatic rings. The number of aryl methyl sites for hydroxylation is 2. The van der Waals surface area contributed by atoms with Crippen molar-refractivity contribution in [2.45, 2.75) is 18.2 Å². The second-order valence-electron chi connectivity index (χ2n) is 5.21. The number of oxazole rings is 1. The third kappa shape index (κ3) is 2.87. The Morgan fingerprint density at radius 1 is 1.13 bits per heavy atom. The molecule has 23 heavy (non-hydrogen) atoms. The molecule has 0 atom stereocenters. The zero-order valence-electron chi connectivity index (χ0n) is 12.7. The largest absolute Gasteiger partial charge is 0.419 e. The number of aromatic nitrogens is 1. The van der Waals surface area contributed by atoms with Crippen molar-refractivity contribution in [2.75, 3.05) is 4.72 Å². The zero-order chi connectivity index (χ0) is 16.6. The van der Waals surface area contributed by atoms with E-state index in [1.807, 2.05) is 19.1 Å². The first kappa shape index (κ1) is 15.4. The highest BCUT2D eigenvalue weighted by Crippen LogP contribution is 2.21. The summed E-state index contributed by atoms with van der Waals surface area (Å²) in [5.74, 6) is -0.530. The fourth-order valence-electron chi connectivity index (χ4n) is 2.30. The van der Waals surface area contributed by atoms with E-state index in [0.29, 0.717) is 16.8 Å². The Morgan fingerprint density at radius 3 is 2.48 bits per heavy atom. The molecule has 0 aliphatic rings. The predicted octanol–water partition coefficient (Wildman–Crippen LogP) is 2.49. The van der Waals surface area contributed by atoms with Gasteiger partial charge in [0.15, 0.2) is 5.58 Å². The van der Waals surface area contributed by atoms with Crippen molar-refractivity contribution in [2.24, 2.45) is 7.05 Å². The molecule has 0 fully saturated rings. The minimum atomic E-state index is -3.74. The molecule has 0 spiro atoms. The van der Waals surface area contributed by atoms with Crippen molar-refractivity contribution in [1.29, 1.82) is 0 Å². The van der Waals surface area contributed by atoms with Crippen molar-refractivity contribution in [1.82, 2.24) is 4.57 Å². The van der Waals surface area contributed by atoms with Gasteiger partial charge in [0.1, 0.15) is 0 Å². The second kappa shape index (κ2) is 5.58. The van der Waals surface area contributed by atoms with Gasteiger partial charge in [0, 0.05) is 12.7 Å². The Kier molecular flexibility index (Phi) is 3.73. The third-order valence-electron chi connectivity index (χ3n) is 3.69. The smallest absolute Gasteiger partial charge is 0.408 e. The van der Waals surface area contributed by atoms with Gasteiger partial charge in [-0.05, 0) is 42.3 Å². The van der Waals surface area contributed by atoms with Gasteiger partial charge in [-0.1, -0.05) is 19.1 Å². The summed E-state index contributed by atoms with van der Waals surface area (Å²) < 4.78 is 33.8. The fourth-order valence-corrected chi connectivity index (χ4v) is 3.37. The van der Waals surface area contributed by atoms with Crippen LogP contribution >= 0.6 is 0 Å². The van der Waals surface area contributed by atoms with E-state index >= 15 is 0 Å². The number of hydrogen-bond donors (Lipinski definition) is 1. The first-order valence-corrected chi connectivity index (χ1v) is 8.60. The summed E-state index contributed by atoms with van der Waals surface area (Å²) in [4.78, 5) is 11.6. The Morgan fingerprint density at radius 2 is 1.83 bits per heavy atom. The van der Waals surface area contributed by atoms with Crippen LogP contribution in [-0.4, -0.2) is 13.0 Å². The minimum Gasteiger partial charge on any atom is -0.408 e. The summed E-state index contributed by atoms with van der Waals surface area (Å²) in [6.45, 7) is 2.03. The molecule has 1 aromatic heterocycles. The van der Waals surface area contributed by atoms with Gasteiger partial charge >= 0.3 is 5.76 Å². The van der Waals surface area contributed by atoms with E-state index in [1.54, 1.807) is 12.1 Å². The third-order valence-corrected chi connectivity index (χ3v) is 5.07. The normalized spacial score (nSPS) is 11.7. The zero-order valence-corrected chi connectivity index (χ0v) is 13.6. The molecule has 0 saturated carbocycles. The van der Waals surface area contributed by atoms with E-state index in [0.717, 1.165) is 12.0 Å². The van der Waals surface area contributed by atoms with Crippen LogP contribution in [0.1, 0.15) is 12.5 Å². The van der Waals surface area contributed by atoms with Crippen molar-refractivity contribution in [3.8, 4) is 0 Å². The lowest BCUT2D eigenvalue weighted by atomic mass is 10.2. The topological polar surface area (TPSA) is 81.3 Å². The Hall–Kier alpha value is -2.54. The molecule has 1 heterocycles. The Labute approximate surface area is 133 Å². The average molecular weight is 332 g/mol. The fraction of sp³-hybridized carbons (Fsp3) is 0.188. The number of nitrogens with one attached hydrogen (secondary N) is 1. The van der Waals surface area contributed by atoms with Gasteiger partial charge in [-0.2, -0.15) is 0 Å². The van der Waals surface area contributed by atoms with Gasteiger partial charge in [-0.3, -0.25) is 9.29 Å². The van der Waals surface area contributed by atoms with Gasteiger partial charge < -0.3 is 4.42 Å². The van der Waals surface area contributed by atoms with Crippen LogP contribution in [0.15, 0.2) is 56.6 Å². The van der Waals surface area contributed by atoms with Gasteiger partial charge in [-0.25, -0.2) is 13.2 Å². The average Bonchev–Trinajstić information content (AvgIpc) is 2.82. The van der Waals surface area contributed by atoms with E-state index in [1.165, 1.54) is 29.8 Å². The van der Waals surface area contributed by atoms with E-state index in [2.05, 4.69) is 4.72 Å². The molecule has 0 bridgehead atoms. The van der Waals surface area contributed by atoms with Crippen LogP contribution in [0.3, 0.4) is 0 Å². The molecule has 2 aromatic carbocycles. The molecule has 6 nitrogen and oxygen atoms in total. The van der Waals surface area contributed by atoms with Crippen molar-refractivity contribution in [3.63, 3.8) is 0 Å². The lowest BCUT2D eigenvalue weighted by Gasteiger charge is -2.08. The van der Waals surface area contributed by atoms with Gasteiger partial charge in [0.05, 0.1) is 10.4 Å². The lowest BCUT2D eigenvalue weighted by molar-refractivity contribution is 0.528. The number of anilines is 1. The molecule has 120 valence electrons. The Bertz CT molecular complexity index is 1010. The molecule has 0 saturated heterocycles. The minimum absolute atomic E-state index is 0.0703. The maximum atomic E-state index is 12.5. The first-order valence-electron chi connectivity index (χ1n) is 7.12. The highest BCUT2D eigenvalue weighted by Gasteiger charge is 2.17. The molecule has 0 aliphatic carbocycles. The molecule has 1 N–H and O–H groups in total. The summed E-state index contributed by atoms with van der Waals surface area (Å²) in [5, 5.41) is 0.